The van der Waals surface area contributed by atoms with Crippen molar-refractivity contribution in [2.75, 3.05) is 40.3 Å². The molecular formula is C9H20N4O2. The van der Waals surface area contributed by atoms with Gasteiger partial charge in [-0.2, -0.15) is 0 Å². The molecular weight excluding hydrogens is 196 g/mol. The Bertz CT molecular complexity index is 195. The highest BCUT2D eigenvalue weighted by Crippen LogP contribution is 1.79. The van der Waals surface area contributed by atoms with Gasteiger partial charge in [0, 0.05) is 13.1 Å². The number of hydrogen-bond acceptors (Lipinski definition) is 5. The Morgan fingerprint density at radius 3 is 2.73 bits per heavy atom. The van der Waals surface area contributed by atoms with Crippen LogP contribution >= 0.6 is 0 Å². The van der Waals surface area contributed by atoms with E-state index in [-0.39, 0.29) is 5.91 Å². The van der Waals surface area contributed by atoms with Crippen LogP contribution in [0, 0.1) is 0 Å². The maximum Gasteiger partial charge on any atom is 0.265 e. The molecule has 0 aromatic carbocycles. The molecule has 3 N–H and O–H groups in total. The lowest BCUT2D eigenvalue weighted by atomic mass is 10.4. The van der Waals surface area contributed by atoms with Gasteiger partial charge in [0.2, 0.25) is 0 Å². The molecule has 0 atom stereocenters. The SMILES string of the molecule is CN(C)CCCNCCNC(=O)/C=N\O. The van der Waals surface area contributed by atoms with Crippen LogP contribution in [0.2, 0.25) is 0 Å². The van der Waals surface area contributed by atoms with Crippen molar-refractivity contribution in [2.24, 2.45) is 5.16 Å². The monoisotopic (exact) mass is 216 g/mol. The van der Waals surface area contributed by atoms with Crippen molar-refractivity contribution >= 4 is 12.1 Å². The average Bonchev–Trinajstić information content (AvgIpc) is 2.16. The van der Waals surface area contributed by atoms with E-state index in [0.29, 0.717) is 6.54 Å². The van der Waals surface area contributed by atoms with Crippen LogP contribution in [-0.2, 0) is 4.79 Å². The van der Waals surface area contributed by atoms with Gasteiger partial charge in [-0.15, -0.1) is 0 Å². The van der Waals surface area contributed by atoms with Gasteiger partial charge in [-0.05, 0) is 33.6 Å². The van der Waals surface area contributed by atoms with E-state index in [0.717, 1.165) is 32.3 Å². The highest BCUT2D eigenvalue weighted by Gasteiger charge is 1.94. The zero-order valence-corrected chi connectivity index (χ0v) is 9.36. The number of hydrogen-bond donors (Lipinski definition) is 3. The van der Waals surface area contributed by atoms with Crippen LogP contribution in [0.15, 0.2) is 5.16 Å². The first-order valence-corrected chi connectivity index (χ1v) is 4.97. The fourth-order valence-corrected chi connectivity index (χ4v) is 1.02. The van der Waals surface area contributed by atoms with Crippen molar-refractivity contribution in [1.82, 2.24) is 15.5 Å². The lowest BCUT2D eigenvalue weighted by Gasteiger charge is -2.09. The van der Waals surface area contributed by atoms with Gasteiger partial charge < -0.3 is 20.7 Å². The van der Waals surface area contributed by atoms with Crippen molar-refractivity contribution in [1.29, 1.82) is 0 Å². The largest absolute Gasteiger partial charge is 0.411 e. The van der Waals surface area contributed by atoms with Gasteiger partial charge in [0.15, 0.2) is 0 Å². The van der Waals surface area contributed by atoms with E-state index in [1.807, 2.05) is 14.1 Å². The summed E-state index contributed by atoms with van der Waals surface area (Å²) in [5.74, 6) is -0.382. The highest BCUT2D eigenvalue weighted by molar-refractivity contribution is 6.25. The van der Waals surface area contributed by atoms with Crippen LogP contribution in [0.4, 0.5) is 0 Å². The molecule has 15 heavy (non-hydrogen) atoms. The molecule has 0 bridgehead atoms. The number of nitrogens with zero attached hydrogens (tertiary/aromatic N) is 2. The molecule has 0 aliphatic heterocycles. The molecule has 0 aliphatic carbocycles. The highest BCUT2D eigenvalue weighted by atomic mass is 16.4. The van der Waals surface area contributed by atoms with E-state index in [4.69, 9.17) is 5.21 Å². The second-order valence-electron chi connectivity index (χ2n) is 3.44. The lowest BCUT2D eigenvalue weighted by Crippen LogP contribution is -2.33. The summed E-state index contributed by atoms with van der Waals surface area (Å²) in [6.45, 7) is 3.24. The van der Waals surface area contributed by atoms with Gasteiger partial charge in [0.05, 0.1) is 0 Å². The molecule has 0 fully saturated rings. The van der Waals surface area contributed by atoms with Crippen LogP contribution in [0.25, 0.3) is 0 Å². The number of oxime groups is 1. The van der Waals surface area contributed by atoms with Crippen LogP contribution < -0.4 is 10.6 Å². The summed E-state index contributed by atoms with van der Waals surface area (Å²) in [4.78, 5) is 12.9. The molecule has 0 unspecified atom stereocenters. The molecule has 6 nitrogen and oxygen atoms in total. The molecule has 0 heterocycles. The van der Waals surface area contributed by atoms with Gasteiger partial charge in [-0.1, -0.05) is 5.16 Å². The van der Waals surface area contributed by atoms with E-state index < -0.39 is 0 Å². The zero-order valence-electron chi connectivity index (χ0n) is 9.36. The van der Waals surface area contributed by atoms with Gasteiger partial charge in [-0.25, -0.2) is 0 Å². The summed E-state index contributed by atoms with van der Waals surface area (Å²) in [6, 6.07) is 0. The summed E-state index contributed by atoms with van der Waals surface area (Å²) < 4.78 is 0. The topological polar surface area (TPSA) is 77.0 Å². The van der Waals surface area contributed by atoms with Gasteiger partial charge in [-0.3, -0.25) is 4.79 Å². The number of amides is 1. The van der Waals surface area contributed by atoms with Crippen LogP contribution in [0.5, 0.6) is 0 Å². The van der Waals surface area contributed by atoms with Crippen molar-refractivity contribution < 1.29 is 10.0 Å². The van der Waals surface area contributed by atoms with Crippen molar-refractivity contribution in [3.63, 3.8) is 0 Å². The molecule has 0 radical (unpaired) electrons. The van der Waals surface area contributed by atoms with Crippen LogP contribution in [0.1, 0.15) is 6.42 Å². The Balaban J connectivity index is 3.15. The minimum absolute atomic E-state index is 0.382. The predicted octanol–water partition coefficient (Wildman–Crippen LogP) is -0.896. The maximum absolute atomic E-state index is 10.8. The van der Waals surface area contributed by atoms with Crippen molar-refractivity contribution in [2.45, 2.75) is 6.42 Å². The van der Waals surface area contributed by atoms with Gasteiger partial charge in [0.1, 0.15) is 6.21 Å². The Labute approximate surface area is 90.3 Å². The lowest BCUT2D eigenvalue weighted by molar-refractivity contribution is -0.114. The second kappa shape index (κ2) is 9.42. The van der Waals surface area contributed by atoms with Crippen molar-refractivity contribution in [3.05, 3.63) is 0 Å². The van der Waals surface area contributed by atoms with E-state index in [2.05, 4.69) is 20.7 Å². The number of rotatable bonds is 8. The third-order valence-corrected chi connectivity index (χ3v) is 1.73. The molecule has 1 amide bonds. The maximum atomic E-state index is 10.8. The Morgan fingerprint density at radius 2 is 2.13 bits per heavy atom. The number of carbonyl (C=O) groups is 1. The first kappa shape index (κ1) is 13.9. The first-order chi connectivity index (χ1) is 7.16. The molecule has 0 rings (SSSR count). The third-order valence-electron chi connectivity index (χ3n) is 1.73. The van der Waals surface area contributed by atoms with Gasteiger partial charge in [0.25, 0.3) is 5.91 Å². The average molecular weight is 216 g/mol. The molecule has 88 valence electrons. The molecule has 6 heteroatoms. The van der Waals surface area contributed by atoms with E-state index in [1.165, 1.54) is 0 Å². The summed E-state index contributed by atoms with van der Waals surface area (Å²) in [6.07, 6.45) is 1.92. The summed E-state index contributed by atoms with van der Waals surface area (Å²) in [5.41, 5.74) is 0. The Hall–Kier alpha value is -1.14. The van der Waals surface area contributed by atoms with Crippen LogP contribution in [-0.4, -0.2) is 62.5 Å². The predicted molar refractivity (Wildman–Crippen MR) is 59.3 cm³/mol. The third kappa shape index (κ3) is 10.8. The van der Waals surface area contributed by atoms with E-state index >= 15 is 0 Å². The zero-order chi connectivity index (χ0) is 11.5. The van der Waals surface area contributed by atoms with E-state index in [1.54, 1.807) is 0 Å². The second-order valence-corrected chi connectivity index (χ2v) is 3.44. The molecule has 0 aromatic heterocycles. The molecule has 0 saturated heterocycles. The molecule has 0 aromatic rings. The standard InChI is InChI=1S/C9H20N4O2/c1-13(2)7-3-4-10-5-6-11-9(14)8-12-15/h8,10,15H,3-7H2,1-2H3,(H,11,14)/b12-8-. The quantitative estimate of drug-likeness (QED) is 0.213. The smallest absolute Gasteiger partial charge is 0.265 e. The molecule has 0 aliphatic rings. The first-order valence-electron chi connectivity index (χ1n) is 4.97. The van der Waals surface area contributed by atoms with E-state index in [9.17, 15) is 4.79 Å². The molecule has 0 saturated carbocycles. The molecule has 0 spiro atoms. The summed E-state index contributed by atoms with van der Waals surface area (Å²) in [7, 11) is 4.07. The summed E-state index contributed by atoms with van der Waals surface area (Å²) in [5, 5.41) is 16.4. The number of nitrogens with one attached hydrogen (secondary N) is 2. The van der Waals surface area contributed by atoms with Crippen molar-refractivity contribution in [3.8, 4) is 0 Å². The fourth-order valence-electron chi connectivity index (χ4n) is 1.02. The fraction of sp³-hybridized carbons (Fsp3) is 0.778. The Kier molecular flexibility index (Phi) is 8.70. The summed E-state index contributed by atoms with van der Waals surface area (Å²) >= 11 is 0. The minimum atomic E-state index is -0.382. The Morgan fingerprint density at radius 1 is 1.40 bits per heavy atom. The normalized spacial score (nSPS) is 11.1. The number of carbonyl (C=O) groups excluding carboxylic acids is 1. The van der Waals surface area contributed by atoms with Gasteiger partial charge >= 0.3 is 0 Å². The minimum Gasteiger partial charge on any atom is -0.411 e. The van der Waals surface area contributed by atoms with Crippen LogP contribution in [0.3, 0.4) is 0 Å².